The molecule has 0 amide bonds. The zero-order chi connectivity index (χ0) is 15.2. The molecular formula is C14H19F2NO3. The van der Waals surface area contributed by atoms with E-state index in [9.17, 15) is 13.6 Å². The van der Waals surface area contributed by atoms with Crippen LogP contribution in [0.3, 0.4) is 0 Å². The van der Waals surface area contributed by atoms with Crippen molar-refractivity contribution >= 4 is 5.97 Å². The molecule has 0 saturated carbocycles. The van der Waals surface area contributed by atoms with Gasteiger partial charge in [0.25, 0.3) is 0 Å². The van der Waals surface area contributed by atoms with E-state index in [0.29, 0.717) is 12.1 Å². The van der Waals surface area contributed by atoms with Crippen LogP contribution < -0.4 is 10.1 Å². The van der Waals surface area contributed by atoms with Crippen molar-refractivity contribution in [2.24, 2.45) is 0 Å². The van der Waals surface area contributed by atoms with Crippen molar-refractivity contribution in [3.05, 3.63) is 29.8 Å². The molecule has 4 nitrogen and oxygen atoms in total. The Labute approximate surface area is 116 Å². The Morgan fingerprint density at radius 1 is 1.45 bits per heavy atom. The van der Waals surface area contributed by atoms with Crippen LogP contribution in [0.5, 0.6) is 5.75 Å². The fraction of sp³-hybridized carbons (Fsp3) is 0.500. The highest BCUT2D eigenvalue weighted by atomic mass is 19.3. The van der Waals surface area contributed by atoms with Crippen molar-refractivity contribution < 1.29 is 23.4 Å². The van der Waals surface area contributed by atoms with Gasteiger partial charge >= 0.3 is 12.6 Å². The molecule has 0 fully saturated rings. The number of carbonyl (C=O) groups is 1. The van der Waals surface area contributed by atoms with E-state index < -0.39 is 18.1 Å². The number of alkyl halides is 2. The third kappa shape index (κ3) is 4.45. The van der Waals surface area contributed by atoms with Gasteiger partial charge in [0.1, 0.15) is 5.75 Å². The number of para-hydroxylation sites is 1. The molecule has 6 heteroatoms. The Bertz CT molecular complexity index is 454. The number of aliphatic carboxylic acids is 1. The predicted molar refractivity (Wildman–Crippen MR) is 71.0 cm³/mol. The number of nitrogens with one attached hydrogen (secondary N) is 1. The Morgan fingerprint density at radius 3 is 2.65 bits per heavy atom. The van der Waals surface area contributed by atoms with Crippen LogP contribution in [-0.4, -0.2) is 24.2 Å². The van der Waals surface area contributed by atoms with Crippen LogP contribution in [0.15, 0.2) is 24.3 Å². The van der Waals surface area contributed by atoms with Crippen LogP contribution in [0.1, 0.15) is 32.3 Å². The Kier molecular flexibility index (Phi) is 5.88. The van der Waals surface area contributed by atoms with E-state index in [2.05, 4.69) is 10.1 Å². The maximum Gasteiger partial charge on any atom is 0.387 e. The topological polar surface area (TPSA) is 58.6 Å². The highest BCUT2D eigenvalue weighted by molar-refractivity contribution is 5.69. The number of carboxylic acids is 1. The first-order valence-electron chi connectivity index (χ1n) is 6.40. The van der Waals surface area contributed by atoms with E-state index in [-0.39, 0.29) is 12.2 Å². The molecule has 1 rings (SSSR count). The van der Waals surface area contributed by atoms with Crippen molar-refractivity contribution in [2.75, 3.05) is 6.54 Å². The molecule has 1 atom stereocenters. The van der Waals surface area contributed by atoms with E-state index in [1.54, 1.807) is 25.1 Å². The summed E-state index contributed by atoms with van der Waals surface area (Å²) >= 11 is 0. The van der Waals surface area contributed by atoms with Crippen LogP contribution in [0.2, 0.25) is 0 Å². The quantitative estimate of drug-likeness (QED) is 0.771. The molecule has 2 N–H and O–H groups in total. The lowest BCUT2D eigenvalue weighted by Gasteiger charge is -2.31. The summed E-state index contributed by atoms with van der Waals surface area (Å²) in [7, 11) is 0. The number of halogens is 2. The minimum absolute atomic E-state index is 0.00477. The number of benzene rings is 1. The molecule has 0 spiro atoms. The van der Waals surface area contributed by atoms with Gasteiger partial charge in [-0.3, -0.25) is 4.79 Å². The second-order valence-corrected chi connectivity index (χ2v) is 4.70. The summed E-state index contributed by atoms with van der Waals surface area (Å²) in [4.78, 5) is 11.1. The largest absolute Gasteiger partial charge is 0.481 e. The van der Waals surface area contributed by atoms with Crippen molar-refractivity contribution in [1.29, 1.82) is 0 Å². The third-order valence-corrected chi connectivity index (χ3v) is 2.97. The molecule has 0 aliphatic rings. The molecule has 0 saturated heterocycles. The van der Waals surface area contributed by atoms with Gasteiger partial charge in [-0.05, 0) is 26.0 Å². The number of hydrogen-bond donors (Lipinski definition) is 2. The van der Waals surface area contributed by atoms with Crippen LogP contribution in [0.25, 0.3) is 0 Å². The zero-order valence-electron chi connectivity index (χ0n) is 11.5. The van der Waals surface area contributed by atoms with Crippen molar-refractivity contribution in [2.45, 2.75) is 38.8 Å². The maximum absolute atomic E-state index is 12.4. The average Bonchev–Trinajstić information content (AvgIpc) is 2.35. The summed E-state index contributed by atoms with van der Waals surface area (Å²) in [6, 6.07) is 6.25. The van der Waals surface area contributed by atoms with Gasteiger partial charge in [0.2, 0.25) is 0 Å². The number of carboxylic acid groups (broad SMARTS) is 1. The highest BCUT2D eigenvalue weighted by Gasteiger charge is 2.32. The van der Waals surface area contributed by atoms with Crippen molar-refractivity contribution in [3.63, 3.8) is 0 Å². The predicted octanol–water partition coefficient (Wildman–Crippen LogP) is 2.98. The lowest BCUT2D eigenvalue weighted by molar-refractivity contribution is -0.138. The van der Waals surface area contributed by atoms with Crippen LogP contribution in [0, 0.1) is 0 Å². The molecule has 1 unspecified atom stereocenters. The smallest absolute Gasteiger partial charge is 0.387 e. The molecule has 0 aromatic heterocycles. The zero-order valence-corrected chi connectivity index (χ0v) is 11.5. The van der Waals surface area contributed by atoms with E-state index in [4.69, 9.17) is 5.11 Å². The summed E-state index contributed by atoms with van der Waals surface area (Å²) in [6.45, 7) is 1.24. The summed E-state index contributed by atoms with van der Waals surface area (Å²) in [6.07, 6.45) is 0.573. The van der Waals surface area contributed by atoms with Crippen molar-refractivity contribution in [1.82, 2.24) is 5.32 Å². The second-order valence-electron chi connectivity index (χ2n) is 4.70. The Balaban J connectivity index is 3.15. The first kappa shape index (κ1) is 16.4. The third-order valence-electron chi connectivity index (χ3n) is 2.97. The van der Waals surface area contributed by atoms with Gasteiger partial charge in [-0.1, -0.05) is 25.1 Å². The van der Waals surface area contributed by atoms with Gasteiger partial charge in [0, 0.05) is 5.56 Å². The average molecular weight is 287 g/mol. The number of rotatable bonds is 8. The first-order chi connectivity index (χ1) is 9.39. The molecule has 0 aliphatic carbocycles. The van der Waals surface area contributed by atoms with Crippen LogP contribution >= 0.6 is 0 Å². The molecule has 0 radical (unpaired) electrons. The van der Waals surface area contributed by atoms with E-state index in [0.717, 1.165) is 6.42 Å². The van der Waals surface area contributed by atoms with Gasteiger partial charge in [-0.2, -0.15) is 8.78 Å². The Hall–Kier alpha value is -1.69. The SMILES string of the molecule is CCCNC(C)(CC(=O)O)c1ccccc1OC(F)F. The Morgan fingerprint density at radius 2 is 2.10 bits per heavy atom. The molecular weight excluding hydrogens is 268 g/mol. The molecule has 112 valence electrons. The van der Waals surface area contributed by atoms with Crippen LogP contribution in [-0.2, 0) is 10.3 Å². The van der Waals surface area contributed by atoms with Gasteiger partial charge < -0.3 is 15.2 Å². The molecule has 1 aromatic carbocycles. The van der Waals surface area contributed by atoms with Gasteiger partial charge in [-0.15, -0.1) is 0 Å². The van der Waals surface area contributed by atoms with E-state index in [1.807, 2.05) is 6.92 Å². The summed E-state index contributed by atoms with van der Waals surface area (Å²) in [5.74, 6) is -1.02. The molecule has 0 aliphatic heterocycles. The minimum Gasteiger partial charge on any atom is -0.481 e. The monoisotopic (exact) mass is 287 g/mol. The summed E-state index contributed by atoms with van der Waals surface area (Å²) < 4.78 is 29.4. The molecule has 0 bridgehead atoms. The lowest BCUT2D eigenvalue weighted by Crippen LogP contribution is -2.42. The number of ether oxygens (including phenoxy) is 1. The van der Waals surface area contributed by atoms with E-state index in [1.165, 1.54) is 6.07 Å². The standard InChI is InChI=1S/C14H19F2NO3/c1-3-8-17-14(2,9-12(18)19)10-6-4-5-7-11(10)20-13(15)16/h4-7,13,17H,3,8-9H2,1-2H3,(H,18,19). The number of hydrogen-bond acceptors (Lipinski definition) is 3. The van der Waals surface area contributed by atoms with Crippen LogP contribution in [0.4, 0.5) is 8.78 Å². The molecule has 0 heterocycles. The molecule has 20 heavy (non-hydrogen) atoms. The molecule has 1 aromatic rings. The minimum atomic E-state index is -2.95. The van der Waals surface area contributed by atoms with Gasteiger partial charge in [-0.25, -0.2) is 0 Å². The highest BCUT2D eigenvalue weighted by Crippen LogP contribution is 2.33. The summed E-state index contributed by atoms with van der Waals surface area (Å²) in [5.41, 5.74) is -0.552. The van der Waals surface area contributed by atoms with Gasteiger partial charge in [0.05, 0.1) is 12.0 Å². The first-order valence-corrected chi connectivity index (χ1v) is 6.40. The van der Waals surface area contributed by atoms with E-state index >= 15 is 0 Å². The van der Waals surface area contributed by atoms with Crippen molar-refractivity contribution in [3.8, 4) is 5.75 Å². The summed E-state index contributed by atoms with van der Waals surface area (Å²) in [5, 5.41) is 12.2. The maximum atomic E-state index is 12.4. The fourth-order valence-electron chi connectivity index (χ4n) is 2.08. The second kappa shape index (κ2) is 7.19. The normalized spacial score (nSPS) is 14.1. The fourth-order valence-corrected chi connectivity index (χ4v) is 2.08. The van der Waals surface area contributed by atoms with Gasteiger partial charge in [0.15, 0.2) is 0 Å². The lowest BCUT2D eigenvalue weighted by atomic mass is 9.87.